The van der Waals surface area contributed by atoms with E-state index in [1.54, 1.807) is 0 Å². The monoisotopic (exact) mass is 473 g/mol. The van der Waals surface area contributed by atoms with Gasteiger partial charge in [0.05, 0.1) is 26.2 Å². The molecule has 0 aliphatic rings. The number of carboxylic acid groups (broad SMARTS) is 1. The second kappa shape index (κ2) is 20.2. The Hall–Kier alpha value is -0.0800. The number of amides is 1. The van der Waals surface area contributed by atoms with Crippen molar-refractivity contribution in [2.24, 2.45) is 5.73 Å². The number of hydrogen-bond donors (Lipinski definition) is 2. The molecule has 6 heteroatoms. The highest BCUT2D eigenvalue weighted by Gasteiger charge is 2.31. The Balaban J connectivity index is -0.000000867. The molecule has 0 fully saturated rings. The summed E-state index contributed by atoms with van der Waals surface area (Å²) in [5.74, 6) is 0. The summed E-state index contributed by atoms with van der Waals surface area (Å²) < 4.78 is 1.16. The lowest BCUT2D eigenvalue weighted by Crippen LogP contribution is -3.00. The molecule has 0 radical (unpaired) electrons. The highest BCUT2D eigenvalue weighted by Crippen LogP contribution is 2.20. The van der Waals surface area contributed by atoms with Gasteiger partial charge in [-0.3, -0.25) is 0 Å². The summed E-state index contributed by atoms with van der Waals surface area (Å²) >= 11 is 0. The molecule has 0 spiro atoms. The summed E-state index contributed by atoms with van der Waals surface area (Å²) in [6, 6.07) is 0.403. The molecule has 0 bridgehead atoms. The minimum atomic E-state index is -1.58. The van der Waals surface area contributed by atoms with Gasteiger partial charge in [0.25, 0.3) is 0 Å². The number of nitrogens with two attached hydrogens (primary N) is 1. The van der Waals surface area contributed by atoms with Crippen molar-refractivity contribution in [2.75, 3.05) is 26.2 Å². The summed E-state index contributed by atoms with van der Waals surface area (Å²) in [6.07, 6.45) is 10.2. The van der Waals surface area contributed by atoms with Gasteiger partial charge >= 0.3 is 0 Å². The molecule has 1 amide bonds. The van der Waals surface area contributed by atoms with Crippen molar-refractivity contribution in [1.29, 1.82) is 0 Å². The average Bonchev–Trinajstić information content (AvgIpc) is 2.53. The van der Waals surface area contributed by atoms with Gasteiger partial charge in [-0.05, 0) is 45.4 Å². The van der Waals surface area contributed by atoms with Crippen LogP contribution in [-0.4, -0.2) is 48.0 Å². The molecule has 0 saturated carbocycles. The smallest absolute Gasteiger partial charge is 0.131 e. The van der Waals surface area contributed by atoms with Crippen LogP contribution in [0.1, 0.15) is 85.5 Å². The first kappa shape index (κ1) is 29.7. The van der Waals surface area contributed by atoms with Crippen molar-refractivity contribution >= 4 is 6.09 Å². The highest BCUT2D eigenvalue weighted by atomic mass is 127. The maximum absolute atomic E-state index is 9.72. The van der Waals surface area contributed by atoms with E-state index in [4.69, 9.17) is 9.90 Å². The number of halogens is 1. The molecule has 0 aromatic carbocycles. The fraction of sp³-hybridized carbons (Fsp3) is 0.947. The van der Waals surface area contributed by atoms with E-state index in [-0.39, 0.29) is 24.0 Å². The number of primary amides is 1. The minimum absolute atomic E-state index is 0. The van der Waals surface area contributed by atoms with Crippen LogP contribution in [0.3, 0.4) is 0 Å². The van der Waals surface area contributed by atoms with Crippen molar-refractivity contribution in [3.63, 3.8) is 0 Å². The molecule has 0 heterocycles. The van der Waals surface area contributed by atoms with Crippen molar-refractivity contribution < 1.29 is 43.5 Å². The van der Waals surface area contributed by atoms with E-state index in [9.17, 15) is 5.11 Å². The number of unbranched alkanes of at least 4 members (excludes halogenated alkanes) is 6. The predicted octanol–water partition coefficient (Wildman–Crippen LogP) is 0.0470. The summed E-state index contributed by atoms with van der Waals surface area (Å²) in [4.78, 5) is 8.67. The highest BCUT2D eigenvalue weighted by molar-refractivity contribution is 5.58. The zero-order valence-electron chi connectivity index (χ0n) is 16.9. The van der Waals surface area contributed by atoms with Crippen LogP contribution in [0.2, 0.25) is 0 Å². The Labute approximate surface area is 173 Å². The second-order valence-electron chi connectivity index (χ2n) is 6.86. The number of aliphatic hydroxyl groups excluding tert-OH is 1. The van der Waals surface area contributed by atoms with Gasteiger partial charge in [0.1, 0.15) is 12.1 Å². The molecule has 0 saturated heterocycles. The molecule has 1 unspecified atom stereocenters. The molecule has 0 aromatic rings. The van der Waals surface area contributed by atoms with Crippen molar-refractivity contribution in [2.45, 2.75) is 91.5 Å². The Morgan fingerprint density at radius 1 is 0.920 bits per heavy atom. The summed E-state index contributed by atoms with van der Waals surface area (Å²) in [5.41, 5.74) is 3.92. The summed E-state index contributed by atoms with van der Waals surface area (Å²) in [6.45, 7) is 13.2. The lowest BCUT2D eigenvalue weighted by molar-refractivity contribution is -0.950. The third-order valence-corrected chi connectivity index (χ3v) is 4.82. The SMILES string of the molecule is CCCCC[N+](CCCCC)(CCCCC)C(C)CO.NC(=O)[O-].[I-]. The van der Waals surface area contributed by atoms with Gasteiger partial charge in [0, 0.05) is 0 Å². The molecule has 3 N–H and O–H groups in total. The molecule has 5 nitrogen and oxygen atoms in total. The largest absolute Gasteiger partial charge is 1.00 e. The normalized spacial score (nSPS) is 11.9. The van der Waals surface area contributed by atoms with Crippen LogP contribution >= 0.6 is 0 Å². The summed E-state index contributed by atoms with van der Waals surface area (Å²) in [7, 11) is 0. The van der Waals surface area contributed by atoms with Gasteiger partial charge in [-0.1, -0.05) is 40.0 Å². The van der Waals surface area contributed by atoms with Gasteiger partial charge in [-0.2, -0.15) is 0 Å². The Kier molecular flexibility index (Phi) is 24.0. The quantitative estimate of drug-likeness (QED) is 0.212. The van der Waals surface area contributed by atoms with Crippen molar-refractivity contribution in [3.05, 3.63) is 0 Å². The standard InChI is InChI=1S/C18H40NO.CH3NO2.HI/c1-5-8-11-14-19(18(4)17-20,15-12-9-6-2)16-13-10-7-3;2-1(3)4;/h18,20H,5-17H2,1-4H3;2H2,(H,3,4);1H/q+1;;/p-2. The van der Waals surface area contributed by atoms with Crippen LogP contribution in [0.15, 0.2) is 0 Å². The third-order valence-electron chi connectivity index (χ3n) is 4.82. The number of rotatable bonds is 14. The number of carbonyl (C=O) groups excluding carboxylic acids is 1. The van der Waals surface area contributed by atoms with Crippen LogP contribution in [-0.2, 0) is 0 Å². The van der Waals surface area contributed by atoms with Crippen LogP contribution < -0.4 is 34.8 Å². The Bertz CT molecular complexity index is 261. The van der Waals surface area contributed by atoms with Gasteiger partial charge in [0.15, 0.2) is 0 Å². The first-order valence-corrected chi connectivity index (χ1v) is 9.83. The van der Waals surface area contributed by atoms with E-state index in [0.717, 1.165) is 4.48 Å². The van der Waals surface area contributed by atoms with Gasteiger partial charge in [-0.15, -0.1) is 0 Å². The average molecular weight is 473 g/mol. The van der Waals surface area contributed by atoms with Crippen LogP contribution in [0.5, 0.6) is 0 Å². The number of hydrogen-bond acceptors (Lipinski definition) is 3. The first-order chi connectivity index (χ1) is 11.4. The van der Waals surface area contributed by atoms with Gasteiger partial charge in [0.2, 0.25) is 0 Å². The van der Waals surface area contributed by atoms with Crippen molar-refractivity contribution in [1.82, 2.24) is 0 Å². The maximum atomic E-state index is 9.72. The van der Waals surface area contributed by atoms with Crippen molar-refractivity contribution in [3.8, 4) is 0 Å². The van der Waals surface area contributed by atoms with Crippen LogP contribution in [0.4, 0.5) is 4.79 Å². The second-order valence-corrected chi connectivity index (χ2v) is 6.86. The van der Waals surface area contributed by atoms with E-state index in [1.807, 2.05) is 0 Å². The lowest BCUT2D eigenvalue weighted by atomic mass is 10.1. The van der Waals surface area contributed by atoms with Gasteiger partial charge in [-0.25, -0.2) is 0 Å². The van der Waals surface area contributed by atoms with E-state index < -0.39 is 6.09 Å². The number of nitrogens with zero attached hydrogens (tertiary/aromatic N) is 1. The zero-order chi connectivity index (χ0) is 18.8. The molecule has 0 aromatic heterocycles. The number of quaternary nitrogens is 1. The molecule has 154 valence electrons. The molecule has 0 rings (SSSR count). The van der Waals surface area contributed by atoms with E-state index in [2.05, 4.69) is 33.4 Å². The first-order valence-electron chi connectivity index (χ1n) is 9.83. The number of aliphatic hydroxyl groups is 1. The minimum Gasteiger partial charge on any atom is -1.00 e. The Morgan fingerprint density at radius 2 is 1.20 bits per heavy atom. The zero-order valence-corrected chi connectivity index (χ0v) is 19.1. The number of carbonyl (C=O) groups is 1. The molecule has 0 aliphatic carbocycles. The molecule has 0 aliphatic heterocycles. The van der Waals surface area contributed by atoms with E-state index in [0.29, 0.717) is 12.6 Å². The van der Waals surface area contributed by atoms with E-state index in [1.165, 1.54) is 77.4 Å². The van der Waals surface area contributed by atoms with Gasteiger partial charge < -0.3 is 49.2 Å². The summed E-state index contributed by atoms with van der Waals surface area (Å²) in [5, 5.41) is 18.4. The van der Waals surface area contributed by atoms with Crippen LogP contribution in [0, 0.1) is 0 Å². The third kappa shape index (κ3) is 17.1. The topological polar surface area (TPSA) is 86.4 Å². The fourth-order valence-corrected chi connectivity index (χ4v) is 3.20. The maximum Gasteiger partial charge on any atom is 0.131 e. The molecular formula is C19H42IN2O3-. The predicted molar refractivity (Wildman–Crippen MR) is 99.6 cm³/mol. The molecule has 25 heavy (non-hydrogen) atoms. The van der Waals surface area contributed by atoms with E-state index >= 15 is 0 Å². The molecule has 1 atom stereocenters. The van der Waals surface area contributed by atoms with Crippen LogP contribution in [0.25, 0.3) is 0 Å². The Morgan fingerprint density at radius 3 is 1.40 bits per heavy atom. The fourth-order valence-electron chi connectivity index (χ4n) is 3.20. The lowest BCUT2D eigenvalue weighted by Gasteiger charge is -2.43. The molecular weight excluding hydrogens is 431 g/mol.